The van der Waals surface area contributed by atoms with Crippen LogP contribution in [0.2, 0.25) is 0 Å². The molecule has 1 amide bonds. The van der Waals surface area contributed by atoms with Crippen molar-refractivity contribution in [1.82, 2.24) is 4.98 Å². The van der Waals surface area contributed by atoms with Crippen molar-refractivity contribution in [3.63, 3.8) is 0 Å². The van der Waals surface area contributed by atoms with E-state index in [1.54, 1.807) is 30.3 Å². The molecule has 0 aliphatic carbocycles. The average molecular weight is 543 g/mol. The van der Waals surface area contributed by atoms with Gasteiger partial charge in [0, 0.05) is 12.0 Å². The zero-order valence-corrected chi connectivity index (χ0v) is 22.6. The van der Waals surface area contributed by atoms with Gasteiger partial charge in [-0.2, -0.15) is 0 Å². The number of Topliss-reactive ketones (excluding diaryl/α,β-unsaturated/α-hetero) is 1. The molecule has 0 radical (unpaired) electrons. The van der Waals surface area contributed by atoms with Crippen molar-refractivity contribution in [3.05, 3.63) is 81.9 Å². The molecule has 39 heavy (non-hydrogen) atoms. The van der Waals surface area contributed by atoms with Crippen LogP contribution in [0.4, 0.5) is 5.13 Å². The van der Waals surface area contributed by atoms with Gasteiger partial charge in [-0.3, -0.25) is 14.5 Å². The van der Waals surface area contributed by atoms with Crippen molar-refractivity contribution in [2.45, 2.75) is 39.3 Å². The maximum absolute atomic E-state index is 13.6. The van der Waals surface area contributed by atoms with Crippen molar-refractivity contribution in [1.29, 1.82) is 0 Å². The van der Waals surface area contributed by atoms with Gasteiger partial charge in [-0.05, 0) is 79.4 Å². The number of carbonyl (C=O) groups excluding carboxylic acids is 2. The lowest BCUT2D eigenvalue weighted by atomic mass is 9.94. The van der Waals surface area contributed by atoms with E-state index in [4.69, 9.17) is 14.5 Å². The summed E-state index contributed by atoms with van der Waals surface area (Å²) in [6, 6.07) is 12.9. The van der Waals surface area contributed by atoms with E-state index in [1.807, 2.05) is 32.9 Å². The number of aryl methyl sites for hydroxylation is 2. The van der Waals surface area contributed by atoms with Crippen molar-refractivity contribution >= 4 is 44.1 Å². The van der Waals surface area contributed by atoms with Crippen molar-refractivity contribution in [2.24, 2.45) is 0 Å². The fraction of sp³-hybridized carbons (Fsp3) is 0.233. The third-order valence-electron chi connectivity index (χ3n) is 7.16. The third kappa shape index (κ3) is 4.01. The Balaban J connectivity index is 1.56. The summed E-state index contributed by atoms with van der Waals surface area (Å²) in [4.78, 5) is 33.3. The molecule has 0 spiro atoms. The molecule has 3 aromatic carbocycles. The predicted molar refractivity (Wildman–Crippen MR) is 149 cm³/mol. The predicted octanol–water partition coefficient (Wildman–Crippen LogP) is 5.58. The summed E-state index contributed by atoms with van der Waals surface area (Å²) in [5.41, 5.74) is 4.52. The molecular weight excluding hydrogens is 516 g/mol. The third-order valence-corrected chi connectivity index (χ3v) is 8.16. The number of ether oxygens (including phenoxy) is 2. The van der Waals surface area contributed by atoms with Crippen LogP contribution in [0.1, 0.15) is 40.8 Å². The van der Waals surface area contributed by atoms with Crippen LogP contribution in [0.25, 0.3) is 16.0 Å². The number of thiazole rings is 1. The fourth-order valence-electron chi connectivity index (χ4n) is 5.40. The van der Waals surface area contributed by atoms with Crippen LogP contribution in [-0.4, -0.2) is 40.1 Å². The number of hydrogen-bond acceptors (Lipinski definition) is 8. The van der Waals surface area contributed by atoms with Crippen molar-refractivity contribution in [3.8, 4) is 17.2 Å². The van der Waals surface area contributed by atoms with E-state index in [0.717, 1.165) is 32.7 Å². The largest absolute Gasteiger partial charge is 0.507 e. The Morgan fingerprint density at radius 3 is 2.69 bits per heavy atom. The number of amides is 1. The second-order valence-corrected chi connectivity index (χ2v) is 11.0. The Bertz CT molecular complexity index is 1720. The van der Waals surface area contributed by atoms with Gasteiger partial charge in [0.1, 0.15) is 17.6 Å². The van der Waals surface area contributed by atoms with E-state index >= 15 is 0 Å². The minimum atomic E-state index is -0.995. The van der Waals surface area contributed by atoms with Crippen LogP contribution in [0, 0.1) is 13.8 Å². The van der Waals surface area contributed by atoms with Gasteiger partial charge in [-0.25, -0.2) is 4.98 Å². The Hall–Kier alpha value is -4.37. The van der Waals surface area contributed by atoms with Crippen LogP contribution in [0.15, 0.2) is 54.1 Å². The quantitative estimate of drug-likeness (QED) is 0.197. The van der Waals surface area contributed by atoms with Crippen LogP contribution in [0.3, 0.4) is 0 Å². The number of phenolic OH excluding ortho intramolecular Hbond substituents is 1. The van der Waals surface area contributed by atoms with Gasteiger partial charge in [-0.15, -0.1) is 0 Å². The molecule has 2 aliphatic rings. The fourth-order valence-corrected chi connectivity index (χ4v) is 6.56. The molecule has 2 aliphatic heterocycles. The molecular formula is C30H26N2O6S. The minimum Gasteiger partial charge on any atom is -0.507 e. The Morgan fingerprint density at radius 2 is 1.92 bits per heavy atom. The number of benzene rings is 3. The van der Waals surface area contributed by atoms with Gasteiger partial charge in [0.05, 0.1) is 28.9 Å². The topological polar surface area (TPSA) is 109 Å². The van der Waals surface area contributed by atoms with Crippen LogP contribution < -0.4 is 14.4 Å². The Labute approximate surface area is 228 Å². The SMILES string of the molecule is COc1cc([C@H]2/C(=C(\O)c3ccc4c(c3)C[C@@H](C)O4)C(=O)C(=O)N2c2nc3c(C)cc(C)cc3s2)ccc1O. The van der Waals surface area contributed by atoms with Gasteiger partial charge in [-0.1, -0.05) is 23.5 Å². The summed E-state index contributed by atoms with van der Waals surface area (Å²) in [5.74, 6) is -1.07. The highest BCUT2D eigenvalue weighted by atomic mass is 32.1. The number of ketones is 1. The second-order valence-electron chi connectivity index (χ2n) is 9.98. The highest BCUT2D eigenvalue weighted by Crippen LogP contribution is 2.46. The number of carbonyl (C=O) groups is 2. The van der Waals surface area contributed by atoms with Gasteiger partial charge in [0.2, 0.25) is 0 Å². The zero-order valence-electron chi connectivity index (χ0n) is 21.8. The summed E-state index contributed by atoms with van der Waals surface area (Å²) in [6.07, 6.45) is 0.687. The molecule has 2 N–H and O–H groups in total. The number of hydrogen-bond donors (Lipinski definition) is 2. The summed E-state index contributed by atoms with van der Waals surface area (Å²) < 4.78 is 12.0. The monoisotopic (exact) mass is 542 g/mol. The number of nitrogens with zero attached hydrogens (tertiary/aromatic N) is 2. The molecule has 4 aromatic rings. The average Bonchev–Trinajstić information content (AvgIpc) is 3.56. The lowest BCUT2D eigenvalue weighted by Gasteiger charge is -2.23. The molecule has 9 heteroatoms. The summed E-state index contributed by atoms with van der Waals surface area (Å²) in [6.45, 7) is 5.90. The number of phenols is 1. The first-order valence-electron chi connectivity index (χ1n) is 12.5. The van der Waals surface area contributed by atoms with E-state index in [9.17, 15) is 19.8 Å². The van der Waals surface area contributed by atoms with Gasteiger partial charge in [0.25, 0.3) is 5.78 Å². The zero-order chi connectivity index (χ0) is 27.6. The van der Waals surface area contributed by atoms with Gasteiger partial charge < -0.3 is 19.7 Å². The molecule has 1 saturated heterocycles. The molecule has 0 unspecified atom stereocenters. The second kappa shape index (κ2) is 9.13. The maximum atomic E-state index is 13.6. The number of aliphatic hydroxyl groups is 1. The molecule has 198 valence electrons. The first kappa shape index (κ1) is 24.9. The Morgan fingerprint density at radius 1 is 1.13 bits per heavy atom. The van der Waals surface area contributed by atoms with Crippen molar-refractivity contribution in [2.75, 3.05) is 12.0 Å². The summed E-state index contributed by atoms with van der Waals surface area (Å²) in [7, 11) is 1.42. The molecule has 0 saturated carbocycles. The lowest BCUT2D eigenvalue weighted by Crippen LogP contribution is -2.29. The minimum absolute atomic E-state index is 0.0126. The molecule has 1 aromatic heterocycles. The van der Waals surface area contributed by atoms with E-state index in [1.165, 1.54) is 29.4 Å². The number of aromatic nitrogens is 1. The van der Waals surface area contributed by atoms with Crippen molar-refractivity contribution < 1.29 is 29.3 Å². The van der Waals surface area contributed by atoms with Gasteiger partial charge >= 0.3 is 5.91 Å². The highest BCUT2D eigenvalue weighted by molar-refractivity contribution is 7.22. The Kier molecular flexibility index (Phi) is 5.84. The number of anilines is 1. The summed E-state index contributed by atoms with van der Waals surface area (Å²) in [5, 5.41) is 22.1. The standard InChI is InChI=1S/C30H26N2O6S/c1-14-9-15(2)25-23(10-14)39-30(31-25)32-26(17-5-7-20(33)22(13-17)37-4)24(28(35)29(32)36)27(34)18-6-8-21-19(12-18)11-16(3)38-21/h5-10,12-13,16,26,33-34H,11H2,1-4H3/b27-24+/t16-,26+/m1/s1. The molecule has 8 nitrogen and oxygen atoms in total. The van der Waals surface area contributed by atoms with Crippen LogP contribution in [-0.2, 0) is 16.0 Å². The number of aliphatic hydroxyl groups excluding tert-OH is 1. The number of aromatic hydroxyl groups is 1. The first-order chi connectivity index (χ1) is 18.7. The van der Waals surface area contributed by atoms with E-state index in [0.29, 0.717) is 22.7 Å². The lowest BCUT2D eigenvalue weighted by molar-refractivity contribution is -0.132. The molecule has 6 rings (SSSR count). The van der Waals surface area contributed by atoms with E-state index in [2.05, 4.69) is 0 Å². The van der Waals surface area contributed by atoms with Crippen LogP contribution in [0.5, 0.6) is 17.2 Å². The molecule has 1 fully saturated rings. The molecule has 3 heterocycles. The van der Waals surface area contributed by atoms with Crippen LogP contribution >= 0.6 is 11.3 Å². The molecule has 2 atom stereocenters. The van der Waals surface area contributed by atoms with E-state index in [-0.39, 0.29) is 28.9 Å². The van der Waals surface area contributed by atoms with Gasteiger partial charge in [0.15, 0.2) is 16.6 Å². The van der Waals surface area contributed by atoms with E-state index < -0.39 is 17.7 Å². The summed E-state index contributed by atoms with van der Waals surface area (Å²) >= 11 is 1.31. The number of rotatable bonds is 4. The number of fused-ring (bicyclic) bond motifs is 2. The number of methoxy groups -OCH3 is 1. The maximum Gasteiger partial charge on any atom is 0.301 e. The first-order valence-corrected chi connectivity index (χ1v) is 13.3. The molecule has 0 bridgehead atoms. The smallest absolute Gasteiger partial charge is 0.301 e. The normalized spacial score (nSPS) is 19.9. The highest BCUT2D eigenvalue weighted by Gasteiger charge is 2.48.